The molecule has 6 nitrogen and oxygen atoms in total. The molecule has 4 aromatic rings. The van der Waals surface area contributed by atoms with Crippen LogP contribution in [0.5, 0.6) is 0 Å². The number of aromatic nitrogens is 2. The maximum Gasteiger partial charge on any atom is 0.191 e. The van der Waals surface area contributed by atoms with Gasteiger partial charge in [0, 0.05) is 42.1 Å². The molecule has 3 N–H and O–H groups in total. The molecule has 0 aliphatic heterocycles. The lowest BCUT2D eigenvalue weighted by atomic mass is 10.1. The van der Waals surface area contributed by atoms with Gasteiger partial charge < -0.3 is 15.7 Å². The number of guanidine groups is 1. The zero-order valence-corrected chi connectivity index (χ0v) is 17.6. The Hall–Kier alpha value is -3.16. The van der Waals surface area contributed by atoms with E-state index in [2.05, 4.69) is 57.1 Å². The van der Waals surface area contributed by atoms with Gasteiger partial charge in [-0.3, -0.25) is 9.67 Å². The zero-order chi connectivity index (χ0) is 20.8. The highest BCUT2D eigenvalue weighted by Crippen LogP contribution is 2.29. The second-order valence-electron chi connectivity index (χ2n) is 7.03. The largest absolute Gasteiger partial charge is 0.386 e. The minimum Gasteiger partial charge on any atom is -0.386 e. The average Bonchev–Trinajstić information content (AvgIpc) is 3.43. The Morgan fingerprint density at radius 2 is 1.97 bits per heavy atom. The summed E-state index contributed by atoms with van der Waals surface area (Å²) in [4.78, 5) is 5.22. The number of benzene rings is 2. The average molecular weight is 420 g/mol. The molecular weight excluding hydrogens is 394 g/mol. The van der Waals surface area contributed by atoms with Crippen molar-refractivity contribution in [2.24, 2.45) is 4.99 Å². The third kappa shape index (κ3) is 5.06. The highest BCUT2D eigenvalue weighted by molar-refractivity contribution is 7.19. The number of nitrogens with one attached hydrogen (secondary N) is 2. The van der Waals surface area contributed by atoms with Gasteiger partial charge in [0.15, 0.2) is 5.96 Å². The van der Waals surface area contributed by atoms with E-state index in [1.54, 1.807) is 24.6 Å². The molecule has 0 radical (unpaired) electrons. The Morgan fingerprint density at radius 1 is 1.10 bits per heavy atom. The van der Waals surface area contributed by atoms with Crippen molar-refractivity contribution in [3.63, 3.8) is 0 Å². The predicted molar refractivity (Wildman–Crippen MR) is 123 cm³/mol. The van der Waals surface area contributed by atoms with Crippen LogP contribution < -0.4 is 10.6 Å². The van der Waals surface area contributed by atoms with E-state index in [4.69, 9.17) is 0 Å². The second kappa shape index (κ2) is 9.56. The Kier molecular flexibility index (Phi) is 6.41. The molecule has 2 aromatic carbocycles. The van der Waals surface area contributed by atoms with E-state index in [0.29, 0.717) is 19.0 Å². The molecule has 154 valence electrons. The molecule has 2 aromatic heterocycles. The quantitative estimate of drug-likeness (QED) is 0.316. The molecule has 1 atom stereocenters. The van der Waals surface area contributed by atoms with E-state index >= 15 is 0 Å². The molecule has 0 spiro atoms. The molecule has 0 bridgehead atoms. The summed E-state index contributed by atoms with van der Waals surface area (Å²) < 4.78 is 3.09. The van der Waals surface area contributed by atoms with Crippen LogP contribution in [0.2, 0.25) is 0 Å². The van der Waals surface area contributed by atoms with Crippen LogP contribution in [0.4, 0.5) is 0 Å². The van der Waals surface area contributed by atoms with Crippen molar-refractivity contribution in [2.45, 2.75) is 19.2 Å². The van der Waals surface area contributed by atoms with E-state index < -0.39 is 6.10 Å². The van der Waals surface area contributed by atoms with Crippen molar-refractivity contribution >= 4 is 27.4 Å². The maximum absolute atomic E-state index is 10.6. The van der Waals surface area contributed by atoms with E-state index in [9.17, 15) is 5.11 Å². The van der Waals surface area contributed by atoms with E-state index in [0.717, 1.165) is 22.4 Å². The summed E-state index contributed by atoms with van der Waals surface area (Å²) >= 11 is 1.62. The van der Waals surface area contributed by atoms with Crippen LogP contribution in [0.1, 0.15) is 22.1 Å². The molecule has 0 saturated heterocycles. The fourth-order valence-electron chi connectivity index (χ4n) is 3.29. The minimum absolute atomic E-state index is 0.395. The lowest BCUT2D eigenvalue weighted by molar-refractivity contribution is 0.184. The van der Waals surface area contributed by atoms with Crippen LogP contribution in [0, 0.1) is 0 Å². The Bertz CT molecular complexity index is 1090. The van der Waals surface area contributed by atoms with E-state index in [1.807, 2.05) is 35.1 Å². The predicted octanol–water partition coefficient (Wildman–Crippen LogP) is 3.54. The lowest BCUT2D eigenvalue weighted by Gasteiger charge is -2.15. The fourth-order valence-corrected chi connectivity index (χ4v) is 4.34. The summed E-state index contributed by atoms with van der Waals surface area (Å²) in [6.07, 6.45) is 3.16. The number of aliphatic hydroxyl groups is 1. The molecule has 1 unspecified atom stereocenters. The van der Waals surface area contributed by atoms with Gasteiger partial charge >= 0.3 is 0 Å². The van der Waals surface area contributed by atoms with Gasteiger partial charge in [0.2, 0.25) is 0 Å². The molecular formula is C23H25N5OS. The number of hydrogen-bond donors (Lipinski definition) is 3. The van der Waals surface area contributed by atoms with Gasteiger partial charge in [-0.05, 0) is 34.7 Å². The number of thiophene rings is 1. The Morgan fingerprint density at radius 3 is 2.77 bits per heavy atom. The monoisotopic (exact) mass is 419 g/mol. The summed E-state index contributed by atoms with van der Waals surface area (Å²) in [5, 5.41) is 22.5. The normalized spacial score (nSPS) is 12.8. The van der Waals surface area contributed by atoms with Gasteiger partial charge in [0.1, 0.15) is 6.10 Å². The van der Waals surface area contributed by atoms with Crippen molar-refractivity contribution in [2.75, 3.05) is 13.6 Å². The molecule has 2 heterocycles. The first kappa shape index (κ1) is 20.1. The number of aliphatic hydroxyl groups excluding tert-OH is 1. The fraction of sp³-hybridized carbons (Fsp3) is 0.217. The lowest BCUT2D eigenvalue weighted by Crippen LogP contribution is -2.38. The molecule has 0 amide bonds. The van der Waals surface area contributed by atoms with Crippen molar-refractivity contribution in [3.8, 4) is 0 Å². The first-order valence-corrected chi connectivity index (χ1v) is 10.7. The summed E-state index contributed by atoms with van der Waals surface area (Å²) in [7, 11) is 1.73. The summed E-state index contributed by atoms with van der Waals surface area (Å²) in [5.41, 5.74) is 2.36. The molecule has 0 aliphatic carbocycles. The standard InChI is InChI=1S/C23H25N5OS/c1-24-23(26-15-20(29)22-13-19-8-2-3-9-21(19)30-22)25-14-17-6-4-7-18(12-17)16-28-11-5-10-27-28/h2-13,20,29H,14-16H2,1H3,(H2,24,25,26). The SMILES string of the molecule is CN=C(NCc1cccc(Cn2cccn2)c1)NCC(O)c1cc2ccccc2s1. The number of hydrogen-bond acceptors (Lipinski definition) is 4. The highest BCUT2D eigenvalue weighted by Gasteiger charge is 2.12. The van der Waals surface area contributed by atoms with Gasteiger partial charge in [-0.15, -0.1) is 11.3 Å². The number of rotatable bonds is 7. The highest BCUT2D eigenvalue weighted by atomic mass is 32.1. The second-order valence-corrected chi connectivity index (χ2v) is 8.15. The van der Waals surface area contributed by atoms with Crippen LogP contribution in [0.25, 0.3) is 10.1 Å². The summed E-state index contributed by atoms with van der Waals surface area (Å²) in [5.74, 6) is 0.660. The summed E-state index contributed by atoms with van der Waals surface area (Å²) in [6, 6.07) is 20.5. The van der Waals surface area contributed by atoms with Crippen LogP contribution in [0.3, 0.4) is 0 Å². The van der Waals surface area contributed by atoms with Crippen LogP contribution in [0.15, 0.2) is 78.0 Å². The van der Waals surface area contributed by atoms with Crippen LogP contribution in [-0.2, 0) is 13.1 Å². The van der Waals surface area contributed by atoms with Crippen molar-refractivity contribution in [3.05, 3.63) is 89.1 Å². The molecule has 0 saturated carbocycles. The van der Waals surface area contributed by atoms with Gasteiger partial charge in [-0.1, -0.05) is 42.5 Å². The van der Waals surface area contributed by atoms with Gasteiger partial charge in [-0.2, -0.15) is 5.10 Å². The van der Waals surface area contributed by atoms with Crippen LogP contribution in [-0.4, -0.2) is 34.4 Å². The Labute approximate surface area is 179 Å². The number of fused-ring (bicyclic) bond motifs is 1. The van der Waals surface area contributed by atoms with E-state index in [-0.39, 0.29) is 0 Å². The molecule has 7 heteroatoms. The number of nitrogens with zero attached hydrogens (tertiary/aromatic N) is 3. The molecule has 30 heavy (non-hydrogen) atoms. The van der Waals surface area contributed by atoms with Crippen molar-refractivity contribution in [1.82, 2.24) is 20.4 Å². The summed E-state index contributed by atoms with van der Waals surface area (Å²) in [6.45, 7) is 1.78. The van der Waals surface area contributed by atoms with Crippen LogP contribution >= 0.6 is 11.3 Å². The first-order chi connectivity index (χ1) is 14.7. The Balaban J connectivity index is 1.30. The van der Waals surface area contributed by atoms with E-state index in [1.165, 1.54) is 10.3 Å². The van der Waals surface area contributed by atoms with Gasteiger partial charge in [-0.25, -0.2) is 0 Å². The smallest absolute Gasteiger partial charge is 0.191 e. The van der Waals surface area contributed by atoms with Gasteiger partial charge in [0.05, 0.1) is 6.54 Å². The van der Waals surface area contributed by atoms with Crippen molar-refractivity contribution < 1.29 is 5.11 Å². The number of aliphatic imine (C=N–C) groups is 1. The third-order valence-electron chi connectivity index (χ3n) is 4.81. The van der Waals surface area contributed by atoms with Crippen molar-refractivity contribution in [1.29, 1.82) is 0 Å². The zero-order valence-electron chi connectivity index (χ0n) is 16.8. The topological polar surface area (TPSA) is 74.5 Å². The van der Waals surface area contributed by atoms with Gasteiger partial charge in [0.25, 0.3) is 0 Å². The molecule has 0 aliphatic rings. The molecule has 4 rings (SSSR count). The minimum atomic E-state index is -0.585. The first-order valence-electron chi connectivity index (χ1n) is 9.87. The maximum atomic E-state index is 10.6. The third-order valence-corrected chi connectivity index (χ3v) is 6.03. The molecule has 0 fully saturated rings.